The van der Waals surface area contributed by atoms with Crippen molar-refractivity contribution >= 4 is 19.8 Å². The van der Waals surface area contributed by atoms with Gasteiger partial charge in [0.2, 0.25) is 0 Å². The van der Waals surface area contributed by atoms with Gasteiger partial charge in [-0.1, -0.05) is 12.8 Å². The molecule has 0 rings (SSSR count). The number of hydrogen-bond donors (Lipinski definition) is 0. The predicted molar refractivity (Wildman–Crippen MR) is 91.6 cm³/mol. The molecule has 0 aromatic heterocycles. The van der Waals surface area contributed by atoms with Crippen molar-refractivity contribution in [2.75, 3.05) is 40.6 Å². The summed E-state index contributed by atoms with van der Waals surface area (Å²) in [6.45, 7) is 0.917. The van der Waals surface area contributed by atoms with Crippen LogP contribution in [0.25, 0.3) is 0 Å². The molecule has 0 aromatic carbocycles. The Kier molecular flexibility index (Phi) is 16.8. The fourth-order valence-corrected chi connectivity index (χ4v) is 2.60. The molecule has 0 saturated carbocycles. The van der Waals surface area contributed by atoms with Crippen LogP contribution in [-0.4, -0.2) is 52.2 Å². The van der Waals surface area contributed by atoms with Crippen LogP contribution in [0.5, 0.6) is 0 Å². The number of methoxy groups -OCH3 is 2. The van der Waals surface area contributed by atoms with E-state index in [-0.39, 0.29) is 24.8 Å². The van der Waals surface area contributed by atoms with Crippen LogP contribution in [-0.2, 0) is 32.7 Å². The fraction of sp³-hybridized carbons (Fsp3) is 0.875. The van der Waals surface area contributed by atoms with E-state index in [4.69, 9.17) is 18.5 Å². The van der Waals surface area contributed by atoms with E-state index >= 15 is 0 Å². The SMILES string of the molecule is COCCCCCC(=O)CO[PH](=O)OCC(=O)CCCCCOC. The number of carbonyl (C=O) groups is 2. The molecular weight excluding hydrogens is 335 g/mol. The van der Waals surface area contributed by atoms with Gasteiger partial charge >= 0.3 is 8.25 Å². The van der Waals surface area contributed by atoms with E-state index in [0.717, 1.165) is 38.5 Å². The van der Waals surface area contributed by atoms with Crippen LogP contribution in [0.4, 0.5) is 0 Å². The minimum absolute atomic E-state index is 0.112. The molecule has 0 spiro atoms. The summed E-state index contributed by atoms with van der Waals surface area (Å²) in [5, 5.41) is 0. The zero-order valence-electron chi connectivity index (χ0n) is 14.8. The summed E-state index contributed by atoms with van der Waals surface area (Å²) in [5.74, 6) is -0.224. The third-order valence-corrected chi connectivity index (χ3v) is 4.07. The van der Waals surface area contributed by atoms with Gasteiger partial charge in [0.1, 0.15) is 13.2 Å². The van der Waals surface area contributed by atoms with E-state index in [0.29, 0.717) is 26.1 Å². The molecule has 0 bridgehead atoms. The number of ketones is 2. The second-order valence-electron chi connectivity index (χ2n) is 5.51. The quantitative estimate of drug-likeness (QED) is 0.272. The number of hydrogen-bond acceptors (Lipinski definition) is 7. The summed E-state index contributed by atoms with van der Waals surface area (Å²) in [7, 11) is 0.495. The Labute approximate surface area is 145 Å². The Morgan fingerprint density at radius 3 is 1.50 bits per heavy atom. The lowest BCUT2D eigenvalue weighted by Crippen LogP contribution is -2.08. The molecule has 0 aliphatic heterocycles. The Morgan fingerprint density at radius 1 is 0.708 bits per heavy atom. The summed E-state index contributed by atoms with van der Waals surface area (Å²) in [6, 6.07) is 0. The maximum absolute atomic E-state index is 11.5. The Balaban J connectivity index is 3.53. The molecule has 0 saturated heterocycles. The molecule has 0 atom stereocenters. The molecular formula is C16H31O7P. The van der Waals surface area contributed by atoms with Gasteiger partial charge in [0.25, 0.3) is 0 Å². The molecule has 7 nitrogen and oxygen atoms in total. The summed E-state index contributed by atoms with van der Waals surface area (Å²) in [4.78, 5) is 23.1. The zero-order valence-corrected chi connectivity index (χ0v) is 15.8. The van der Waals surface area contributed by atoms with E-state index in [9.17, 15) is 14.2 Å². The molecule has 0 aliphatic carbocycles. The number of carbonyl (C=O) groups excluding carboxylic acids is 2. The lowest BCUT2D eigenvalue weighted by molar-refractivity contribution is -0.121. The van der Waals surface area contributed by atoms with Crippen molar-refractivity contribution in [1.82, 2.24) is 0 Å². The third-order valence-electron chi connectivity index (χ3n) is 3.31. The summed E-state index contributed by atoms with van der Waals surface area (Å²) in [5.41, 5.74) is 0. The molecule has 8 heteroatoms. The van der Waals surface area contributed by atoms with Gasteiger partial charge in [-0.25, -0.2) is 0 Å². The molecule has 24 heavy (non-hydrogen) atoms. The maximum atomic E-state index is 11.5. The van der Waals surface area contributed by atoms with Crippen LogP contribution in [0.15, 0.2) is 0 Å². The van der Waals surface area contributed by atoms with Gasteiger partial charge in [-0.2, -0.15) is 0 Å². The highest BCUT2D eigenvalue weighted by atomic mass is 31.1. The molecule has 0 radical (unpaired) electrons. The van der Waals surface area contributed by atoms with Crippen LogP contribution < -0.4 is 0 Å². The van der Waals surface area contributed by atoms with Gasteiger partial charge in [0.05, 0.1) is 0 Å². The first-order chi connectivity index (χ1) is 11.6. The minimum Gasteiger partial charge on any atom is -0.385 e. The molecule has 0 heterocycles. The van der Waals surface area contributed by atoms with Gasteiger partial charge in [0.15, 0.2) is 11.6 Å². The minimum atomic E-state index is -2.79. The van der Waals surface area contributed by atoms with Gasteiger partial charge in [-0.05, 0) is 25.7 Å². The summed E-state index contributed by atoms with van der Waals surface area (Å²) < 4.78 is 31.1. The molecule has 0 N–H and O–H groups in total. The van der Waals surface area contributed by atoms with E-state index in [1.807, 2.05) is 0 Å². The zero-order chi connectivity index (χ0) is 18.0. The lowest BCUT2D eigenvalue weighted by atomic mass is 10.1. The standard InChI is InChI=1S/C16H31O7P/c1-20-11-7-3-5-9-15(17)13-22-24(19)23-14-16(18)10-6-4-8-12-21-2/h24H,3-14H2,1-2H3. The van der Waals surface area contributed by atoms with Crippen molar-refractivity contribution in [2.24, 2.45) is 0 Å². The second-order valence-corrected chi connectivity index (χ2v) is 6.59. The van der Waals surface area contributed by atoms with Crippen LogP contribution in [0.2, 0.25) is 0 Å². The van der Waals surface area contributed by atoms with E-state index in [1.54, 1.807) is 14.2 Å². The van der Waals surface area contributed by atoms with Gasteiger partial charge in [-0.3, -0.25) is 14.2 Å². The van der Waals surface area contributed by atoms with Gasteiger partial charge in [-0.15, -0.1) is 0 Å². The lowest BCUT2D eigenvalue weighted by Gasteiger charge is -2.05. The first-order valence-corrected chi connectivity index (χ1v) is 9.63. The van der Waals surface area contributed by atoms with E-state index in [1.165, 1.54) is 0 Å². The fourth-order valence-electron chi connectivity index (χ4n) is 1.96. The predicted octanol–water partition coefficient (Wildman–Crippen LogP) is 2.96. The second kappa shape index (κ2) is 17.2. The van der Waals surface area contributed by atoms with Crippen molar-refractivity contribution in [3.8, 4) is 0 Å². The number of Topliss-reactive ketones (excluding diaryl/α,β-unsaturated/α-hetero) is 2. The topological polar surface area (TPSA) is 88.1 Å². The van der Waals surface area contributed by atoms with Crippen LogP contribution in [0.1, 0.15) is 51.4 Å². The molecule has 142 valence electrons. The van der Waals surface area contributed by atoms with Crippen LogP contribution in [0, 0.1) is 0 Å². The van der Waals surface area contributed by atoms with E-state index < -0.39 is 8.25 Å². The monoisotopic (exact) mass is 366 g/mol. The number of unbranched alkanes of at least 4 members (excludes halogenated alkanes) is 4. The summed E-state index contributed by atoms with van der Waals surface area (Å²) in [6.07, 6.45) is 5.94. The molecule has 0 fully saturated rings. The van der Waals surface area contributed by atoms with Gasteiger partial charge in [0, 0.05) is 40.3 Å². The van der Waals surface area contributed by atoms with Gasteiger partial charge < -0.3 is 18.5 Å². The average molecular weight is 366 g/mol. The highest BCUT2D eigenvalue weighted by Crippen LogP contribution is 2.23. The first kappa shape index (κ1) is 23.4. The Hall–Kier alpha value is -0.590. The maximum Gasteiger partial charge on any atom is 0.319 e. The Morgan fingerprint density at radius 2 is 1.12 bits per heavy atom. The largest absolute Gasteiger partial charge is 0.385 e. The van der Waals surface area contributed by atoms with Crippen molar-refractivity contribution in [1.29, 1.82) is 0 Å². The summed E-state index contributed by atoms with van der Waals surface area (Å²) >= 11 is 0. The first-order valence-electron chi connectivity index (χ1n) is 8.41. The number of ether oxygens (including phenoxy) is 2. The molecule has 0 unspecified atom stereocenters. The van der Waals surface area contributed by atoms with Crippen molar-refractivity contribution in [2.45, 2.75) is 51.4 Å². The van der Waals surface area contributed by atoms with Crippen LogP contribution in [0.3, 0.4) is 0 Å². The molecule has 0 aromatic rings. The normalized spacial score (nSPS) is 11.1. The smallest absolute Gasteiger partial charge is 0.319 e. The third kappa shape index (κ3) is 16.3. The van der Waals surface area contributed by atoms with E-state index in [2.05, 4.69) is 0 Å². The molecule has 0 aliphatic rings. The van der Waals surface area contributed by atoms with Crippen molar-refractivity contribution in [3.05, 3.63) is 0 Å². The van der Waals surface area contributed by atoms with Crippen LogP contribution >= 0.6 is 8.25 Å². The van der Waals surface area contributed by atoms with Crippen molar-refractivity contribution < 1.29 is 32.7 Å². The number of rotatable bonds is 18. The average Bonchev–Trinajstić information content (AvgIpc) is 2.57. The van der Waals surface area contributed by atoms with Crippen molar-refractivity contribution in [3.63, 3.8) is 0 Å². The Bertz CT molecular complexity index is 328. The molecule has 0 amide bonds. The highest BCUT2D eigenvalue weighted by Gasteiger charge is 2.09. The highest BCUT2D eigenvalue weighted by molar-refractivity contribution is 7.33.